The monoisotopic (exact) mass is 388 g/mol. The van der Waals surface area contributed by atoms with Gasteiger partial charge in [0.15, 0.2) is 5.43 Å². The summed E-state index contributed by atoms with van der Waals surface area (Å²) < 4.78 is 8.32. The van der Waals surface area contributed by atoms with Crippen LogP contribution in [0.2, 0.25) is 0 Å². The zero-order valence-electron chi connectivity index (χ0n) is 17.1. The Balaban J connectivity index is 2.40. The molecule has 1 atom stereocenters. The lowest BCUT2D eigenvalue weighted by Gasteiger charge is -2.26. The summed E-state index contributed by atoms with van der Waals surface area (Å²) in [5.74, 6) is 0.750. The minimum atomic E-state index is -0.534. The number of hydrogen-bond donors (Lipinski definition) is 1. The number of benzene rings is 1. The highest BCUT2D eigenvalue weighted by Crippen LogP contribution is 2.17. The number of allylic oxidation sites excluding steroid dienone is 2. The van der Waals surface area contributed by atoms with E-state index in [0.717, 1.165) is 26.1 Å². The molecule has 2 rings (SSSR count). The quantitative estimate of drug-likeness (QED) is 0.610. The van der Waals surface area contributed by atoms with Crippen LogP contribution in [0.1, 0.15) is 20.8 Å². The van der Waals surface area contributed by atoms with Crippen LogP contribution in [0.15, 0.2) is 40.4 Å². The van der Waals surface area contributed by atoms with Crippen molar-refractivity contribution in [1.82, 2.24) is 0 Å². The molecule has 0 saturated carbocycles. The maximum atomic E-state index is 12.6. The van der Waals surface area contributed by atoms with Gasteiger partial charge in [0.2, 0.25) is 0 Å². The van der Waals surface area contributed by atoms with Crippen LogP contribution in [0, 0.1) is 0 Å². The van der Waals surface area contributed by atoms with E-state index in [1.165, 1.54) is 0 Å². The standard InChI is InChI=1S/C22H30NO3S/c1-14(17(4)26-13-18(24)12-23(5,6)7)15(2)22-16(3)21(25)19-10-8-9-11-20(19)27-22/h8-11,18,24H,3,12-13H2,1-2,4-7H3/q+1/b17-14+,22-15+. The van der Waals surface area contributed by atoms with E-state index >= 15 is 0 Å². The Morgan fingerprint density at radius 3 is 2.48 bits per heavy atom. The fourth-order valence-electron chi connectivity index (χ4n) is 2.93. The van der Waals surface area contributed by atoms with Crippen molar-refractivity contribution >= 4 is 33.6 Å². The number of quaternary nitrogens is 1. The van der Waals surface area contributed by atoms with Crippen LogP contribution in [0.5, 0.6) is 0 Å². The fourth-order valence-corrected chi connectivity index (χ4v) is 4.09. The molecule has 0 amide bonds. The molecule has 0 aliphatic rings. The average Bonchev–Trinajstić information content (AvgIpc) is 2.60. The van der Waals surface area contributed by atoms with E-state index < -0.39 is 6.10 Å². The van der Waals surface area contributed by atoms with Crippen LogP contribution in [0.3, 0.4) is 0 Å². The van der Waals surface area contributed by atoms with E-state index in [4.69, 9.17) is 4.74 Å². The van der Waals surface area contributed by atoms with Gasteiger partial charge in [0.1, 0.15) is 19.3 Å². The summed E-state index contributed by atoms with van der Waals surface area (Å²) >= 11 is 1.57. The van der Waals surface area contributed by atoms with Crippen LogP contribution < -0.4 is 15.2 Å². The topological polar surface area (TPSA) is 46.5 Å². The Bertz CT molecular complexity index is 1030. The van der Waals surface area contributed by atoms with Gasteiger partial charge in [-0.1, -0.05) is 18.7 Å². The predicted molar refractivity (Wildman–Crippen MR) is 115 cm³/mol. The number of rotatable bonds is 6. The SMILES string of the molecule is C=c1c(=O)c2ccccc2s/c1=C(C)/C(C)=C(\C)OCC(O)C[N+](C)(C)C. The van der Waals surface area contributed by atoms with Crippen molar-refractivity contribution in [3.8, 4) is 0 Å². The second kappa shape index (κ2) is 8.38. The Labute approximate surface area is 164 Å². The molecular weight excluding hydrogens is 358 g/mol. The molecule has 0 saturated heterocycles. The summed E-state index contributed by atoms with van der Waals surface area (Å²) in [5.41, 5.74) is 1.91. The van der Waals surface area contributed by atoms with Crippen molar-refractivity contribution in [3.63, 3.8) is 0 Å². The third-order valence-electron chi connectivity index (χ3n) is 4.57. The second-order valence-corrected chi connectivity index (χ2v) is 9.03. The van der Waals surface area contributed by atoms with E-state index in [1.807, 2.05) is 66.2 Å². The largest absolute Gasteiger partial charge is 0.495 e. The maximum absolute atomic E-state index is 12.6. The van der Waals surface area contributed by atoms with Crippen molar-refractivity contribution in [2.75, 3.05) is 34.3 Å². The number of ether oxygens (including phenoxy) is 1. The van der Waals surface area contributed by atoms with Gasteiger partial charge in [-0.25, -0.2) is 0 Å². The van der Waals surface area contributed by atoms with Crippen molar-refractivity contribution in [2.24, 2.45) is 0 Å². The van der Waals surface area contributed by atoms with Gasteiger partial charge in [-0.2, -0.15) is 0 Å². The molecule has 27 heavy (non-hydrogen) atoms. The molecule has 5 heteroatoms. The van der Waals surface area contributed by atoms with Crippen LogP contribution in [0.25, 0.3) is 22.2 Å². The normalized spacial score (nSPS) is 15.4. The fraction of sp³-hybridized carbons (Fsp3) is 0.409. The number of hydrogen-bond acceptors (Lipinski definition) is 4. The molecular formula is C22H30NO3S+. The first kappa shape index (κ1) is 21.4. The lowest BCUT2D eigenvalue weighted by atomic mass is 10.1. The van der Waals surface area contributed by atoms with Gasteiger partial charge in [-0.3, -0.25) is 4.79 Å². The molecule has 0 spiro atoms. The Morgan fingerprint density at radius 1 is 1.22 bits per heavy atom. The summed E-state index contributed by atoms with van der Waals surface area (Å²) in [6, 6.07) is 7.61. The third kappa shape index (κ3) is 5.28. The van der Waals surface area contributed by atoms with Gasteiger partial charge in [-0.05, 0) is 44.1 Å². The molecule has 0 radical (unpaired) electrons. The zero-order valence-corrected chi connectivity index (χ0v) is 17.9. The van der Waals surface area contributed by atoms with Crippen molar-refractivity contribution in [1.29, 1.82) is 0 Å². The molecule has 1 N–H and O–H groups in total. The van der Waals surface area contributed by atoms with Crippen LogP contribution in [-0.4, -0.2) is 50.0 Å². The molecule has 1 aromatic carbocycles. The molecule has 0 aliphatic carbocycles. The average molecular weight is 389 g/mol. The van der Waals surface area contributed by atoms with Crippen LogP contribution in [-0.2, 0) is 4.74 Å². The van der Waals surface area contributed by atoms with Gasteiger partial charge in [0.05, 0.1) is 26.9 Å². The van der Waals surface area contributed by atoms with Gasteiger partial charge in [-0.15, -0.1) is 11.3 Å². The summed E-state index contributed by atoms with van der Waals surface area (Å²) in [5, 5.41) is 11.4. The smallest absolute Gasteiger partial charge is 0.195 e. The highest BCUT2D eigenvalue weighted by atomic mass is 32.1. The first-order chi connectivity index (χ1) is 12.5. The van der Waals surface area contributed by atoms with E-state index in [2.05, 4.69) is 6.58 Å². The minimum Gasteiger partial charge on any atom is -0.495 e. The molecule has 2 aromatic rings. The van der Waals surface area contributed by atoms with Gasteiger partial charge in [0, 0.05) is 19.8 Å². The highest BCUT2D eigenvalue weighted by Gasteiger charge is 2.16. The number of aliphatic hydroxyl groups is 1. The number of fused-ring (bicyclic) bond motifs is 1. The lowest BCUT2D eigenvalue weighted by Crippen LogP contribution is -2.42. The van der Waals surface area contributed by atoms with E-state index in [-0.39, 0.29) is 12.0 Å². The Hall–Kier alpha value is -1.95. The van der Waals surface area contributed by atoms with Gasteiger partial charge in [0.25, 0.3) is 0 Å². The first-order valence-electron chi connectivity index (χ1n) is 9.02. The lowest BCUT2D eigenvalue weighted by molar-refractivity contribution is -0.873. The number of nitrogens with zero attached hydrogens (tertiary/aromatic N) is 1. The molecule has 1 heterocycles. The third-order valence-corrected chi connectivity index (χ3v) is 5.91. The zero-order chi connectivity index (χ0) is 20.4. The van der Waals surface area contributed by atoms with E-state index in [1.54, 1.807) is 11.3 Å². The predicted octanol–water partition coefficient (Wildman–Crippen LogP) is 2.22. The molecule has 146 valence electrons. The molecule has 0 aliphatic heterocycles. The van der Waals surface area contributed by atoms with Crippen LogP contribution in [0.4, 0.5) is 0 Å². The summed E-state index contributed by atoms with van der Waals surface area (Å²) in [6.45, 7) is 10.7. The molecule has 1 aromatic heterocycles. The van der Waals surface area contributed by atoms with Crippen molar-refractivity contribution in [3.05, 3.63) is 55.6 Å². The van der Waals surface area contributed by atoms with Gasteiger partial charge >= 0.3 is 0 Å². The minimum absolute atomic E-state index is 0.0246. The van der Waals surface area contributed by atoms with E-state index in [0.29, 0.717) is 21.6 Å². The van der Waals surface area contributed by atoms with Gasteiger partial charge < -0.3 is 14.3 Å². The summed E-state index contributed by atoms with van der Waals surface area (Å²) in [4.78, 5) is 12.6. The molecule has 4 nitrogen and oxygen atoms in total. The highest BCUT2D eigenvalue weighted by molar-refractivity contribution is 7.16. The Morgan fingerprint density at radius 2 is 1.85 bits per heavy atom. The number of likely N-dealkylation sites (N-methyl/N-ethyl adjacent to an activating group) is 1. The van der Waals surface area contributed by atoms with E-state index in [9.17, 15) is 9.90 Å². The van der Waals surface area contributed by atoms with Crippen LogP contribution >= 0.6 is 11.3 Å². The number of aliphatic hydroxyl groups excluding tert-OH is 1. The maximum Gasteiger partial charge on any atom is 0.195 e. The summed E-state index contributed by atoms with van der Waals surface area (Å²) in [6.07, 6.45) is -0.534. The molecule has 0 bridgehead atoms. The van der Waals surface area contributed by atoms with Crippen molar-refractivity contribution in [2.45, 2.75) is 26.9 Å². The second-order valence-electron chi connectivity index (χ2n) is 7.98. The Kier molecular flexibility index (Phi) is 6.63. The summed E-state index contributed by atoms with van der Waals surface area (Å²) in [7, 11) is 6.10. The molecule has 0 fully saturated rings. The first-order valence-corrected chi connectivity index (χ1v) is 9.84. The molecule has 1 unspecified atom stereocenters. The van der Waals surface area contributed by atoms with Crippen molar-refractivity contribution < 1.29 is 14.3 Å².